The van der Waals surface area contributed by atoms with E-state index in [1.165, 1.54) is 11.8 Å². The van der Waals surface area contributed by atoms with Crippen molar-refractivity contribution in [1.82, 2.24) is 9.38 Å². The minimum atomic E-state index is -0.533. The van der Waals surface area contributed by atoms with Crippen molar-refractivity contribution in [3.05, 3.63) is 42.1 Å². The summed E-state index contributed by atoms with van der Waals surface area (Å²) in [5.41, 5.74) is 8.83. The van der Waals surface area contributed by atoms with Crippen molar-refractivity contribution in [3.8, 4) is 29.0 Å². The Balaban J connectivity index is 1.80. The van der Waals surface area contributed by atoms with Crippen molar-refractivity contribution in [2.75, 3.05) is 33.2 Å². The maximum Gasteiger partial charge on any atom is 0.199 e. The lowest BCUT2D eigenvalue weighted by Gasteiger charge is -2.23. The number of hydrogen-bond acceptors (Lipinski definition) is 7. The Morgan fingerprint density at radius 1 is 1.41 bits per heavy atom. The highest BCUT2D eigenvalue weighted by molar-refractivity contribution is 7.98. The summed E-state index contributed by atoms with van der Waals surface area (Å²) in [7, 11) is 1.63. The van der Waals surface area contributed by atoms with Crippen molar-refractivity contribution in [1.29, 1.82) is 5.26 Å². The molecule has 0 bridgehead atoms. The second-order valence-electron chi connectivity index (χ2n) is 7.02. The van der Waals surface area contributed by atoms with Gasteiger partial charge in [0.05, 0.1) is 31.1 Å². The fraction of sp³-hybridized carbons (Fsp3) is 0.333. The molecule has 1 saturated heterocycles. The van der Waals surface area contributed by atoms with Crippen LogP contribution >= 0.6 is 11.8 Å². The summed E-state index contributed by atoms with van der Waals surface area (Å²) < 4.78 is 18.9. The van der Waals surface area contributed by atoms with Gasteiger partial charge in [-0.2, -0.15) is 5.26 Å². The molecule has 1 atom stereocenters. The van der Waals surface area contributed by atoms with Crippen molar-refractivity contribution in [2.45, 2.75) is 16.9 Å². The molecule has 7 nitrogen and oxygen atoms in total. The Kier molecular flexibility index (Phi) is 5.37. The lowest BCUT2D eigenvalue weighted by Crippen LogP contribution is -2.46. The number of nitrogens with zero attached hydrogens (tertiary/aromatic N) is 3. The molecule has 1 aliphatic rings. The predicted molar refractivity (Wildman–Crippen MR) is 112 cm³/mol. The summed E-state index contributed by atoms with van der Waals surface area (Å²) in [4.78, 5) is 5.32. The first kappa shape index (κ1) is 19.6. The molecule has 1 aromatic carbocycles. The molecule has 1 unspecified atom stereocenters. The number of rotatable bonds is 6. The van der Waals surface area contributed by atoms with E-state index in [-0.39, 0.29) is 6.61 Å². The quantitative estimate of drug-likeness (QED) is 0.624. The van der Waals surface area contributed by atoms with Crippen molar-refractivity contribution in [3.63, 3.8) is 0 Å². The summed E-state index contributed by atoms with van der Waals surface area (Å²) in [5, 5.41) is 9.73. The Morgan fingerprint density at radius 3 is 2.97 bits per heavy atom. The van der Waals surface area contributed by atoms with E-state index in [2.05, 4.69) is 11.1 Å². The van der Waals surface area contributed by atoms with Crippen LogP contribution in [0.1, 0.15) is 12.0 Å². The first-order chi connectivity index (χ1) is 14.1. The number of pyridine rings is 1. The van der Waals surface area contributed by atoms with Gasteiger partial charge in [-0.15, -0.1) is 11.8 Å². The van der Waals surface area contributed by atoms with Crippen molar-refractivity contribution in [2.24, 2.45) is 5.73 Å². The molecule has 1 aliphatic heterocycles. The number of ether oxygens (including phenoxy) is 3. The number of nitrogens with two attached hydrogens (primary N) is 1. The highest BCUT2D eigenvalue weighted by Crippen LogP contribution is 2.36. The molecular formula is C21H22N4O3S. The number of aromatic nitrogens is 2. The number of benzene rings is 1. The van der Waals surface area contributed by atoms with E-state index in [0.717, 1.165) is 28.2 Å². The van der Waals surface area contributed by atoms with Gasteiger partial charge < -0.3 is 19.9 Å². The summed E-state index contributed by atoms with van der Waals surface area (Å²) in [6, 6.07) is 11.8. The van der Waals surface area contributed by atoms with Gasteiger partial charge in [-0.05, 0) is 36.9 Å². The Bertz CT molecular complexity index is 1080. The molecule has 2 aromatic heterocycles. The average molecular weight is 410 g/mol. The third-order valence-corrected chi connectivity index (χ3v) is 5.81. The fourth-order valence-corrected chi connectivity index (χ4v) is 4.05. The zero-order valence-corrected chi connectivity index (χ0v) is 17.2. The zero-order chi connectivity index (χ0) is 20.4. The number of imidazole rings is 1. The summed E-state index contributed by atoms with van der Waals surface area (Å²) in [5.74, 6) is 1.19. The van der Waals surface area contributed by atoms with Crippen LogP contribution in [0.2, 0.25) is 0 Å². The molecule has 8 heteroatoms. The number of methoxy groups -OCH3 is 1. The summed E-state index contributed by atoms with van der Waals surface area (Å²) in [6.45, 7) is 1.37. The molecule has 0 aliphatic carbocycles. The van der Waals surface area contributed by atoms with E-state index < -0.39 is 5.54 Å². The van der Waals surface area contributed by atoms with Crippen molar-refractivity contribution < 1.29 is 14.2 Å². The van der Waals surface area contributed by atoms with Gasteiger partial charge in [0, 0.05) is 17.1 Å². The molecule has 4 rings (SSSR count). The van der Waals surface area contributed by atoms with Crippen LogP contribution in [0.15, 0.2) is 41.4 Å². The van der Waals surface area contributed by atoms with Crippen LogP contribution in [0.3, 0.4) is 0 Å². The van der Waals surface area contributed by atoms with Crippen molar-refractivity contribution >= 4 is 17.4 Å². The molecule has 1 fully saturated rings. The highest BCUT2D eigenvalue weighted by Gasteiger charge is 2.32. The first-order valence-electron chi connectivity index (χ1n) is 9.21. The van der Waals surface area contributed by atoms with Gasteiger partial charge in [0.25, 0.3) is 0 Å². The average Bonchev–Trinajstić information content (AvgIpc) is 3.38. The molecule has 0 saturated carbocycles. The SMILES string of the molecule is COc1cccc2ncc(-c3cc(OCC4(N)CCOC4)c(C#N)c(SC)c3)n12. The minimum absolute atomic E-state index is 0.287. The summed E-state index contributed by atoms with van der Waals surface area (Å²) >= 11 is 1.50. The zero-order valence-electron chi connectivity index (χ0n) is 16.3. The Labute approximate surface area is 173 Å². The van der Waals surface area contributed by atoms with Crippen LogP contribution in [-0.2, 0) is 4.74 Å². The molecule has 150 valence electrons. The number of hydrogen-bond donors (Lipinski definition) is 1. The lowest BCUT2D eigenvalue weighted by molar-refractivity contribution is 0.151. The van der Waals surface area contributed by atoms with E-state index in [4.69, 9.17) is 19.9 Å². The maximum absolute atomic E-state index is 9.73. The third-order valence-electron chi connectivity index (χ3n) is 5.05. The molecule has 2 N–H and O–H groups in total. The van der Waals surface area contributed by atoms with Crippen LogP contribution in [0.5, 0.6) is 11.6 Å². The lowest BCUT2D eigenvalue weighted by atomic mass is 10.0. The molecule has 0 spiro atoms. The number of thioether (sulfide) groups is 1. The molecule has 3 aromatic rings. The van der Waals surface area contributed by atoms with Gasteiger partial charge in [-0.25, -0.2) is 4.98 Å². The maximum atomic E-state index is 9.73. The molecule has 3 heterocycles. The molecule has 29 heavy (non-hydrogen) atoms. The van der Waals surface area contributed by atoms with E-state index in [0.29, 0.717) is 30.4 Å². The largest absolute Gasteiger partial charge is 0.490 e. The number of nitriles is 1. The van der Waals surface area contributed by atoms with Gasteiger partial charge in [0.15, 0.2) is 5.88 Å². The van der Waals surface area contributed by atoms with E-state index in [9.17, 15) is 5.26 Å². The molecule has 0 amide bonds. The van der Waals surface area contributed by atoms with Crippen LogP contribution < -0.4 is 15.2 Å². The van der Waals surface area contributed by atoms with Crippen LogP contribution in [-0.4, -0.2) is 48.1 Å². The smallest absolute Gasteiger partial charge is 0.199 e. The molecular weight excluding hydrogens is 388 g/mol. The second kappa shape index (κ2) is 7.95. The van der Waals surface area contributed by atoms with Gasteiger partial charge >= 0.3 is 0 Å². The number of fused-ring (bicyclic) bond motifs is 1. The van der Waals surface area contributed by atoms with E-state index in [1.54, 1.807) is 13.3 Å². The minimum Gasteiger partial charge on any atom is -0.490 e. The molecule has 0 radical (unpaired) electrons. The monoisotopic (exact) mass is 410 g/mol. The fourth-order valence-electron chi connectivity index (χ4n) is 3.45. The van der Waals surface area contributed by atoms with Crippen LogP contribution in [0, 0.1) is 11.3 Å². The Morgan fingerprint density at radius 2 is 2.28 bits per heavy atom. The summed E-state index contributed by atoms with van der Waals surface area (Å²) in [6.07, 6.45) is 4.46. The third kappa shape index (κ3) is 3.65. The topological polar surface area (TPSA) is 94.8 Å². The van der Waals surface area contributed by atoms with E-state index in [1.807, 2.05) is 41.0 Å². The van der Waals surface area contributed by atoms with Gasteiger partial charge in [0.2, 0.25) is 0 Å². The highest BCUT2D eigenvalue weighted by atomic mass is 32.2. The first-order valence-corrected chi connectivity index (χ1v) is 10.4. The normalized spacial score (nSPS) is 18.7. The Hall–Kier alpha value is -2.73. The van der Waals surface area contributed by atoms with Crippen LogP contribution in [0.25, 0.3) is 16.9 Å². The van der Waals surface area contributed by atoms with E-state index >= 15 is 0 Å². The van der Waals surface area contributed by atoms with Gasteiger partial charge in [0.1, 0.15) is 29.6 Å². The standard InChI is InChI=1S/C21H22N4O3S/c1-26-20-5-3-4-19-24-11-16(25(19)20)14-8-17(15(10-22)18(9-14)29-2)28-13-21(23)6-7-27-12-21/h3-5,8-9,11H,6-7,12-13,23H2,1-2H3. The van der Waals surface area contributed by atoms with Crippen LogP contribution in [0.4, 0.5) is 0 Å². The predicted octanol–water partition coefficient (Wildman–Crippen LogP) is 3.10. The van der Waals surface area contributed by atoms with Gasteiger partial charge in [-0.3, -0.25) is 4.40 Å². The second-order valence-corrected chi connectivity index (χ2v) is 7.87. The van der Waals surface area contributed by atoms with Gasteiger partial charge in [-0.1, -0.05) is 6.07 Å².